The highest BCUT2D eigenvalue weighted by Gasteiger charge is 2.32. The van der Waals surface area contributed by atoms with Gasteiger partial charge in [0.25, 0.3) is 0 Å². The number of benzene rings is 2. The molecule has 0 aromatic heterocycles. The molecule has 0 unspecified atom stereocenters. The molecule has 0 saturated carbocycles. The summed E-state index contributed by atoms with van der Waals surface area (Å²) in [5.74, 6) is -2.48. The van der Waals surface area contributed by atoms with Crippen molar-refractivity contribution in [1.29, 1.82) is 0 Å². The van der Waals surface area contributed by atoms with Crippen LogP contribution in [0.4, 0.5) is 0 Å². The Morgan fingerprint density at radius 2 is 1.35 bits per heavy atom. The van der Waals surface area contributed by atoms with E-state index in [2.05, 4.69) is 0 Å². The number of phenols is 2. The summed E-state index contributed by atoms with van der Waals surface area (Å²) in [6, 6.07) is 2.80. The number of phenolic OH excluding ortho intramolecular Hbond substituents is 2. The van der Waals surface area contributed by atoms with Gasteiger partial charge in [-0.1, -0.05) is 0 Å². The lowest BCUT2D eigenvalue weighted by molar-refractivity contribution is 0.0974. The van der Waals surface area contributed by atoms with E-state index >= 15 is 0 Å². The third-order valence-corrected chi connectivity index (χ3v) is 3.66. The minimum absolute atomic E-state index is 0.0308. The average Bonchev–Trinajstić information content (AvgIpc) is 2.34. The number of ketones is 1. The van der Waals surface area contributed by atoms with Gasteiger partial charge in [-0.15, -0.1) is 0 Å². The van der Waals surface area contributed by atoms with Crippen LogP contribution < -0.4 is 0 Å². The zero-order chi connectivity index (χ0) is 14.8. The van der Waals surface area contributed by atoms with Crippen LogP contribution in [0.15, 0.2) is 17.9 Å². The molecule has 0 spiro atoms. The van der Waals surface area contributed by atoms with Gasteiger partial charge in [0.15, 0.2) is 5.76 Å². The predicted molar refractivity (Wildman–Crippen MR) is 73.3 cm³/mol. The minimum Gasteiger partial charge on any atom is -0.507 e. The highest BCUT2D eigenvalue weighted by molar-refractivity contribution is 6.25. The topological polar surface area (TPSA) is 98.0 Å². The van der Waals surface area contributed by atoms with Crippen LogP contribution >= 0.6 is 0 Å². The van der Waals surface area contributed by atoms with Gasteiger partial charge in [0, 0.05) is 16.3 Å². The predicted octanol–water partition coefficient (Wildman–Crippen LogP) is 2.85. The molecule has 2 aromatic carbocycles. The summed E-state index contributed by atoms with van der Waals surface area (Å²) in [7, 11) is 0. The molecule has 20 heavy (non-hydrogen) atoms. The first-order valence-electron chi connectivity index (χ1n) is 6.00. The molecule has 4 N–H and O–H groups in total. The van der Waals surface area contributed by atoms with Gasteiger partial charge < -0.3 is 20.4 Å². The molecule has 1 aliphatic carbocycles. The first-order chi connectivity index (χ1) is 9.34. The number of aryl methyl sites for hydroxylation is 2. The molecule has 0 heterocycles. The van der Waals surface area contributed by atoms with Crippen LogP contribution in [0.2, 0.25) is 0 Å². The molecule has 0 aliphatic heterocycles. The second-order valence-electron chi connectivity index (χ2n) is 4.95. The van der Waals surface area contributed by atoms with Crippen LogP contribution in [0.5, 0.6) is 11.5 Å². The van der Waals surface area contributed by atoms with Gasteiger partial charge in [0.2, 0.25) is 11.5 Å². The summed E-state index contributed by atoms with van der Waals surface area (Å²) in [5, 5.41) is 40.4. The van der Waals surface area contributed by atoms with Crippen molar-refractivity contribution in [2.24, 2.45) is 0 Å². The number of hydrogen-bond acceptors (Lipinski definition) is 5. The third kappa shape index (κ3) is 1.29. The molecule has 0 amide bonds. The molecule has 0 bridgehead atoms. The molecule has 3 rings (SSSR count). The van der Waals surface area contributed by atoms with Gasteiger partial charge in [0.05, 0.1) is 5.56 Å². The van der Waals surface area contributed by atoms with E-state index in [1.54, 1.807) is 13.8 Å². The number of allylic oxidation sites excluding steroid dienone is 1. The highest BCUT2D eigenvalue weighted by atomic mass is 16.3. The van der Waals surface area contributed by atoms with E-state index in [0.29, 0.717) is 16.5 Å². The smallest absolute Gasteiger partial charge is 0.232 e. The van der Waals surface area contributed by atoms with Crippen molar-refractivity contribution in [2.75, 3.05) is 0 Å². The Bertz CT molecular complexity index is 822. The Morgan fingerprint density at radius 3 is 2.00 bits per heavy atom. The lowest BCUT2D eigenvalue weighted by atomic mass is 9.85. The SMILES string of the molecule is Cc1cc(O)c2c(C)cc(O)c3c2c1C(=O)C(O)=C3O. The fourth-order valence-electron chi connectivity index (χ4n) is 2.80. The first kappa shape index (κ1) is 12.3. The van der Waals surface area contributed by atoms with Gasteiger partial charge in [0.1, 0.15) is 11.5 Å². The highest BCUT2D eigenvalue weighted by Crippen LogP contribution is 2.45. The lowest BCUT2D eigenvalue weighted by Crippen LogP contribution is -2.14. The summed E-state index contributed by atoms with van der Waals surface area (Å²) >= 11 is 0. The van der Waals surface area contributed by atoms with E-state index < -0.39 is 17.3 Å². The standard InChI is InChI=1S/C15H12O5/c1-5-3-8(17)11-12-9(5)7(16)4-6(2)10(12)13(18)15(20)14(11)19/h3-4,16-17,19-20H,1-2H3. The van der Waals surface area contributed by atoms with Gasteiger partial charge in [-0.25, -0.2) is 0 Å². The van der Waals surface area contributed by atoms with Crippen molar-refractivity contribution < 1.29 is 25.2 Å². The lowest BCUT2D eigenvalue weighted by Gasteiger charge is -2.21. The molecule has 0 saturated heterocycles. The van der Waals surface area contributed by atoms with E-state index in [4.69, 9.17) is 0 Å². The Kier molecular flexibility index (Phi) is 2.26. The van der Waals surface area contributed by atoms with Gasteiger partial charge in [-0.05, 0) is 37.1 Å². The zero-order valence-electron chi connectivity index (χ0n) is 10.9. The number of aliphatic hydroxyl groups is 2. The summed E-state index contributed by atoms with van der Waals surface area (Å²) in [5.41, 5.74) is 1.19. The fourth-order valence-corrected chi connectivity index (χ4v) is 2.80. The maximum absolute atomic E-state index is 12.1. The van der Waals surface area contributed by atoms with Crippen LogP contribution in [-0.4, -0.2) is 26.2 Å². The van der Waals surface area contributed by atoms with Crippen LogP contribution in [0.1, 0.15) is 27.0 Å². The molecular formula is C15H12O5. The van der Waals surface area contributed by atoms with Crippen LogP contribution in [0.3, 0.4) is 0 Å². The summed E-state index contributed by atoms with van der Waals surface area (Å²) in [6.45, 7) is 3.29. The largest absolute Gasteiger partial charge is 0.507 e. The fraction of sp³-hybridized carbons (Fsp3) is 0.133. The molecule has 5 heteroatoms. The Balaban J connectivity index is 2.70. The van der Waals surface area contributed by atoms with Crippen molar-refractivity contribution in [2.45, 2.75) is 13.8 Å². The summed E-state index contributed by atoms with van der Waals surface area (Å²) in [6.07, 6.45) is 0. The maximum atomic E-state index is 12.1. The second kappa shape index (κ2) is 3.66. The van der Waals surface area contributed by atoms with E-state index in [9.17, 15) is 25.2 Å². The monoisotopic (exact) mass is 272 g/mol. The van der Waals surface area contributed by atoms with Crippen molar-refractivity contribution in [3.63, 3.8) is 0 Å². The number of carbonyl (C=O) groups excluding carboxylic acids is 1. The van der Waals surface area contributed by atoms with E-state index in [0.717, 1.165) is 0 Å². The number of aromatic hydroxyl groups is 2. The van der Waals surface area contributed by atoms with Crippen molar-refractivity contribution >= 4 is 22.3 Å². The number of aliphatic hydroxyl groups excluding tert-OH is 2. The van der Waals surface area contributed by atoms with Gasteiger partial charge in [-0.2, -0.15) is 0 Å². The molecule has 5 nitrogen and oxygen atoms in total. The average molecular weight is 272 g/mol. The van der Waals surface area contributed by atoms with Crippen molar-refractivity contribution in [3.05, 3.63) is 40.1 Å². The second-order valence-corrected chi connectivity index (χ2v) is 4.95. The van der Waals surface area contributed by atoms with Gasteiger partial charge in [-0.3, -0.25) is 4.79 Å². The first-order valence-corrected chi connectivity index (χ1v) is 6.00. The minimum atomic E-state index is -0.799. The Hall–Kier alpha value is -2.69. The van der Waals surface area contributed by atoms with Crippen LogP contribution in [-0.2, 0) is 0 Å². The molecule has 0 radical (unpaired) electrons. The molecular weight excluding hydrogens is 260 g/mol. The maximum Gasteiger partial charge on any atom is 0.232 e. The van der Waals surface area contributed by atoms with E-state index in [-0.39, 0.29) is 28.0 Å². The molecule has 1 aliphatic rings. The molecule has 102 valence electrons. The molecule has 2 aromatic rings. The quantitative estimate of drug-likeness (QED) is 0.591. The van der Waals surface area contributed by atoms with Crippen molar-refractivity contribution in [1.82, 2.24) is 0 Å². The van der Waals surface area contributed by atoms with Crippen molar-refractivity contribution in [3.8, 4) is 11.5 Å². The molecule has 0 fully saturated rings. The normalized spacial score (nSPS) is 14.2. The Morgan fingerprint density at radius 1 is 0.750 bits per heavy atom. The zero-order valence-corrected chi connectivity index (χ0v) is 10.9. The van der Waals surface area contributed by atoms with Crippen LogP contribution in [0.25, 0.3) is 16.5 Å². The van der Waals surface area contributed by atoms with E-state index in [1.165, 1.54) is 12.1 Å². The summed E-state index contributed by atoms with van der Waals surface area (Å²) < 4.78 is 0. The van der Waals surface area contributed by atoms with Crippen LogP contribution in [0, 0.1) is 13.8 Å². The van der Waals surface area contributed by atoms with E-state index in [1.807, 2.05) is 0 Å². The third-order valence-electron chi connectivity index (χ3n) is 3.66. The number of hydrogen-bond donors (Lipinski definition) is 4. The van der Waals surface area contributed by atoms with Gasteiger partial charge >= 0.3 is 0 Å². The number of rotatable bonds is 0. The number of Topliss-reactive ketones (excluding diaryl/α,β-unsaturated/α-hetero) is 1. The number of carbonyl (C=O) groups is 1. The molecule has 0 atom stereocenters. The summed E-state index contributed by atoms with van der Waals surface area (Å²) in [4.78, 5) is 12.1. The Labute approximate surface area is 114 Å².